The van der Waals surface area contributed by atoms with Gasteiger partial charge in [-0.05, 0) is 93.6 Å². The summed E-state index contributed by atoms with van der Waals surface area (Å²) < 4.78 is 3.84. The molecule has 210 valence electrons. The summed E-state index contributed by atoms with van der Waals surface area (Å²) in [6.07, 6.45) is 24.0. The molecule has 40 heavy (non-hydrogen) atoms. The number of hydrogen-bond donors (Lipinski definition) is 0. The van der Waals surface area contributed by atoms with E-state index in [1.807, 2.05) is 70.1 Å². The summed E-state index contributed by atoms with van der Waals surface area (Å²) in [5, 5.41) is 2.66. The highest BCUT2D eigenvalue weighted by Gasteiger charge is 2.25. The van der Waals surface area contributed by atoms with E-state index in [2.05, 4.69) is 103 Å². The highest BCUT2D eigenvalue weighted by Crippen LogP contribution is 2.49. The molecule has 0 radical (unpaired) electrons. The van der Waals surface area contributed by atoms with Crippen molar-refractivity contribution >= 4 is 92.1 Å². The van der Waals surface area contributed by atoms with Gasteiger partial charge in [-0.3, -0.25) is 0 Å². The van der Waals surface area contributed by atoms with E-state index in [0.29, 0.717) is 0 Å². The Kier molecular flexibility index (Phi) is 10.5. The largest absolute Gasteiger partial charge is 0.335 e. The maximum Gasteiger partial charge on any atom is 0.262 e. The molecule has 0 bridgehead atoms. The van der Waals surface area contributed by atoms with Crippen LogP contribution in [0.2, 0.25) is 0 Å². The molecule has 0 amide bonds. The van der Waals surface area contributed by atoms with Gasteiger partial charge < -0.3 is 4.90 Å². The Balaban J connectivity index is 1.39. The number of allylic oxidation sites excluding steroid dienone is 6. The number of hydrogen-bond acceptors (Lipinski definition) is 7. The van der Waals surface area contributed by atoms with E-state index in [1.54, 1.807) is 0 Å². The lowest BCUT2D eigenvalue weighted by Gasteiger charge is -2.19. The van der Waals surface area contributed by atoms with Crippen LogP contribution in [0.15, 0.2) is 89.2 Å². The first kappa shape index (κ1) is 30.3. The molecule has 3 aromatic rings. The quantitative estimate of drug-likeness (QED) is 0.168. The van der Waals surface area contributed by atoms with Crippen molar-refractivity contribution in [2.75, 3.05) is 36.5 Å². The lowest BCUT2D eigenvalue weighted by Crippen LogP contribution is -2.33. The van der Waals surface area contributed by atoms with Crippen molar-refractivity contribution in [1.29, 1.82) is 0 Å². The zero-order valence-electron chi connectivity index (χ0n) is 24.1. The monoisotopic (exact) mass is 641 g/mol. The van der Waals surface area contributed by atoms with Gasteiger partial charge in [-0.1, -0.05) is 41.3 Å². The molecule has 0 fully saturated rings. The Bertz CT molecular complexity index is 1530. The average Bonchev–Trinajstić information content (AvgIpc) is 3.53. The Morgan fingerprint density at radius 1 is 0.850 bits per heavy atom. The van der Waals surface area contributed by atoms with Crippen LogP contribution in [0, 0.1) is 0 Å². The van der Waals surface area contributed by atoms with E-state index >= 15 is 0 Å². The fourth-order valence-corrected chi connectivity index (χ4v) is 10.7. The summed E-state index contributed by atoms with van der Waals surface area (Å²) in [6, 6.07) is 9.49. The van der Waals surface area contributed by atoms with Crippen molar-refractivity contribution in [1.82, 2.24) is 0 Å². The van der Waals surface area contributed by atoms with E-state index in [0.717, 1.165) is 25.9 Å². The highest BCUT2D eigenvalue weighted by atomic mass is 32.2. The Hall–Kier alpha value is -1.16. The summed E-state index contributed by atoms with van der Waals surface area (Å²) in [6.45, 7) is 6.47. The normalized spacial score (nSPS) is 17.6. The summed E-state index contributed by atoms with van der Waals surface area (Å²) in [4.78, 5) is 9.32. The lowest BCUT2D eigenvalue weighted by atomic mass is 9.94. The number of nitrogens with zero attached hydrogens (tertiary/aromatic N) is 2. The molecule has 2 aliphatic rings. The van der Waals surface area contributed by atoms with Crippen molar-refractivity contribution in [2.45, 2.75) is 64.1 Å². The Morgan fingerprint density at radius 3 is 2.25 bits per heavy atom. The number of thioether (sulfide) groups is 5. The van der Waals surface area contributed by atoms with E-state index in [9.17, 15) is 0 Å². The van der Waals surface area contributed by atoms with Crippen LogP contribution < -0.4 is 9.47 Å². The second-order valence-electron chi connectivity index (χ2n) is 9.53. The summed E-state index contributed by atoms with van der Waals surface area (Å²) in [7, 11) is 0. The molecule has 8 heteroatoms. The van der Waals surface area contributed by atoms with Gasteiger partial charge in [0, 0.05) is 43.2 Å². The van der Waals surface area contributed by atoms with Crippen molar-refractivity contribution in [3.8, 4) is 0 Å². The SMILES string of the molecule is CCN1/C(=C/C=C2C=C(/C=C/c3sc4cc(SC)c(SC)cc4[n+]3CC)CCC/2)Sc2cc(SC)c(SC)cc21. The fourth-order valence-electron chi connectivity index (χ4n) is 5.26. The standard InChI is InChI=1S/C32H37N2S6/c1-7-33-23-17-27(35-3)29(37-5)19-25(23)39-31(33)14-12-21-10-9-11-22(16-21)13-15-32-34(8-2)24-18-28(36-4)30(38-6)20-26(24)40-32/h12-20H,7-11H2,1-6H3/q+1. The van der Waals surface area contributed by atoms with Crippen LogP contribution >= 0.6 is 70.1 Å². The van der Waals surface area contributed by atoms with Gasteiger partial charge in [0.2, 0.25) is 5.52 Å². The number of thiazole rings is 1. The average molecular weight is 642 g/mol. The molecule has 2 nitrogen and oxygen atoms in total. The predicted octanol–water partition coefficient (Wildman–Crippen LogP) is 10.6. The first-order chi connectivity index (χ1) is 19.5. The van der Waals surface area contributed by atoms with E-state index in [-0.39, 0.29) is 0 Å². The fraction of sp³-hybridized carbons (Fsp3) is 0.344. The number of aryl methyl sites for hydroxylation is 1. The highest BCUT2D eigenvalue weighted by molar-refractivity contribution is 8.04. The molecule has 0 N–H and O–H groups in total. The minimum absolute atomic E-state index is 0.981. The second kappa shape index (κ2) is 13.9. The molecule has 0 spiro atoms. The molecule has 1 aliphatic carbocycles. The van der Waals surface area contributed by atoms with Crippen LogP contribution in [0.1, 0.15) is 38.1 Å². The maximum atomic E-state index is 2.46. The van der Waals surface area contributed by atoms with Crippen molar-refractivity contribution in [3.05, 3.63) is 69.8 Å². The zero-order chi connectivity index (χ0) is 28.2. The van der Waals surface area contributed by atoms with Gasteiger partial charge in [0.05, 0.1) is 10.7 Å². The van der Waals surface area contributed by atoms with Gasteiger partial charge >= 0.3 is 0 Å². The third kappa shape index (κ3) is 6.28. The van der Waals surface area contributed by atoms with Crippen molar-refractivity contribution in [3.63, 3.8) is 0 Å². The van der Waals surface area contributed by atoms with Gasteiger partial charge in [0.1, 0.15) is 11.2 Å². The number of rotatable bonds is 9. The minimum Gasteiger partial charge on any atom is -0.335 e. The van der Waals surface area contributed by atoms with Crippen LogP contribution in [0.25, 0.3) is 16.3 Å². The number of aromatic nitrogens is 1. The molecule has 0 atom stereocenters. The lowest BCUT2D eigenvalue weighted by molar-refractivity contribution is -0.665. The molecule has 5 rings (SSSR count). The van der Waals surface area contributed by atoms with Crippen LogP contribution in [-0.4, -0.2) is 31.6 Å². The van der Waals surface area contributed by atoms with Crippen molar-refractivity contribution < 1.29 is 4.57 Å². The third-order valence-corrected chi connectivity index (χ3v) is 12.9. The van der Waals surface area contributed by atoms with Crippen LogP contribution in [-0.2, 0) is 6.54 Å². The molecular formula is C32H37N2S6+. The third-order valence-electron chi connectivity index (χ3n) is 7.29. The van der Waals surface area contributed by atoms with Crippen LogP contribution in [0.5, 0.6) is 0 Å². The Morgan fingerprint density at radius 2 is 1.55 bits per heavy atom. The van der Waals surface area contributed by atoms with Gasteiger partial charge in [-0.25, -0.2) is 0 Å². The first-order valence-electron chi connectivity index (χ1n) is 13.6. The number of benzene rings is 2. The van der Waals surface area contributed by atoms with E-state index < -0.39 is 0 Å². The smallest absolute Gasteiger partial charge is 0.262 e. The Labute approximate surface area is 265 Å². The molecule has 2 aromatic carbocycles. The molecule has 1 aliphatic heterocycles. The van der Waals surface area contributed by atoms with Crippen LogP contribution in [0.3, 0.4) is 0 Å². The molecule has 0 unspecified atom stereocenters. The molecule has 0 saturated carbocycles. The van der Waals surface area contributed by atoms with Gasteiger partial charge in [0.15, 0.2) is 0 Å². The first-order valence-corrected chi connectivity index (χ1v) is 20.2. The molecular weight excluding hydrogens is 605 g/mol. The second-order valence-corrected chi connectivity index (χ2v) is 15.1. The summed E-state index contributed by atoms with van der Waals surface area (Å²) >= 11 is 11.2. The maximum absolute atomic E-state index is 2.46. The van der Waals surface area contributed by atoms with Gasteiger partial charge in [0.25, 0.3) is 5.01 Å². The predicted molar refractivity (Wildman–Crippen MR) is 187 cm³/mol. The number of fused-ring (bicyclic) bond motifs is 2. The van der Waals surface area contributed by atoms with E-state index in [4.69, 9.17) is 0 Å². The van der Waals surface area contributed by atoms with Crippen molar-refractivity contribution in [2.24, 2.45) is 0 Å². The minimum atomic E-state index is 0.981. The topological polar surface area (TPSA) is 7.12 Å². The van der Waals surface area contributed by atoms with Gasteiger partial charge in [-0.2, -0.15) is 4.57 Å². The summed E-state index contributed by atoms with van der Waals surface area (Å²) in [5.41, 5.74) is 5.55. The number of anilines is 1. The van der Waals surface area contributed by atoms with Crippen LogP contribution in [0.4, 0.5) is 5.69 Å². The zero-order valence-corrected chi connectivity index (χ0v) is 29.0. The molecule has 0 saturated heterocycles. The molecule has 2 heterocycles. The molecule has 1 aromatic heterocycles. The van der Waals surface area contributed by atoms with Gasteiger partial charge in [-0.15, -0.1) is 47.0 Å². The summed E-state index contributed by atoms with van der Waals surface area (Å²) in [5.74, 6) is 0. The van der Waals surface area contributed by atoms with E-state index in [1.165, 1.54) is 68.0 Å².